The fraction of sp³-hybridized carbons (Fsp3) is 0.167. The quantitative estimate of drug-likeness (QED) is 0.449. The number of nitrogens with one attached hydrogen (secondary N) is 1. The van der Waals surface area contributed by atoms with E-state index >= 15 is 0 Å². The van der Waals surface area contributed by atoms with Crippen molar-refractivity contribution in [1.29, 1.82) is 0 Å². The summed E-state index contributed by atoms with van der Waals surface area (Å²) in [7, 11) is -7.07. The zero-order chi connectivity index (χ0) is 23.1. The van der Waals surface area contributed by atoms with Gasteiger partial charge >= 0.3 is 0 Å². The van der Waals surface area contributed by atoms with Crippen LogP contribution in [0, 0.1) is 11.6 Å². The van der Waals surface area contributed by atoms with Crippen molar-refractivity contribution in [2.75, 3.05) is 13.3 Å². The molecule has 0 saturated carbocycles. The highest BCUT2D eigenvalue weighted by molar-refractivity contribution is 8.49. The van der Waals surface area contributed by atoms with Crippen LogP contribution in [0.25, 0.3) is 11.4 Å². The highest BCUT2D eigenvalue weighted by atomic mass is 32.5. The second-order valence-corrected chi connectivity index (χ2v) is 10.9. The number of hydrogen-bond acceptors (Lipinski definition) is 5. The standard InChI is InChI=1S/C18H15F6N3O2S2/c1-25-18(28)15-12(19)7-8-13(16(15)20)29-9-14-26-17(27-30-14)10-3-5-11(6-4-10)31(2,21,22,23)24/h3-8H,9H2,1-2H3,(H,25,28). The maximum Gasteiger partial charge on any atom is 0.257 e. The Hall–Kier alpha value is -2.80. The summed E-state index contributed by atoms with van der Waals surface area (Å²) in [5.41, 5.74) is -0.590. The van der Waals surface area contributed by atoms with Crippen LogP contribution in [-0.2, 0) is 6.61 Å². The van der Waals surface area contributed by atoms with Crippen molar-refractivity contribution in [3.63, 3.8) is 0 Å². The molecule has 168 valence electrons. The Morgan fingerprint density at radius 3 is 2.32 bits per heavy atom. The molecule has 5 nitrogen and oxygen atoms in total. The molecule has 0 aliphatic rings. The molecule has 0 fully saturated rings. The second kappa shape index (κ2) is 7.12. The van der Waals surface area contributed by atoms with E-state index in [-0.39, 0.29) is 29.3 Å². The predicted octanol–water partition coefficient (Wildman–Crippen LogP) is 5.82. The average Bonchev–Trinajstić information content (AvgIpc) is 3.14. The maximum absolute atomic E-state index is 14.4. The Kier molecular flexibility index (Phi) is 5.26. The van der Waals surface area contributed by atoms with Gasteiger partial charge in [0.05, 0.1) is 11.2 Å². The lowest BCUT2D eigenvalue weighted by molar-refractivity contribution is 0.0953. The number of amides is 1. The summed E-state index contributed by atoms with van der Waals surface area (Å²) in [6.45, 7) is -0.290. The van der Waals surface area contributed by atoms with Crippen LogP contribution in [-0.4, -0.2) is 28.6 Å². The van der Waals surface area contributed by atoms with Crippen LogP contribution in [0.1, 0.15) is 15.4 Å². The molecule has 0 atom stereocenters. The Balaban J connectivity index is 1.77. The number of ether oxygens (including phenoxy) is 1. The molecule has 1 heterocycles. The van der Waals surface area contributed by atoms with Gasteiger partial charge in [-0.05, 0) is 47.9 Å². The summed E-state index contributed by atoms with van der Waals surface area (Å²) >= 11 is 0.845. The summed E-state index contributed by atoms with van der Waals surface area (Å²) in [6.07, 6.45) is -0.365. The third-order valence-corrected chi connectivity index (χ3v) is 6.17. The first-order valence-electron chi connectivity index (χ1n) is 8.45. The molecule has 1 amide bonds. The summed E-state index contributed by atoms with van der Waals surface area (Å²) in [5.74, 6) is -3.54. The molecule has 3 aromatic rings. The van der Waals surface area contributed by atoms with Gasteiger partial charge < -0.3 is 10.1 Å². The van der Waals surface area contributed by atoms with E-state index in [0.29, 0.717) is 12.1 Å². The predicted molar refractivity (Wildman–Crippen MR) is 106 cm³/mol. The fourth-order valence-corrected chi connectivity index (χ4v) is 3.89. The van der Waals surface area contributed by atoms with Crippen molar-refractivity contribution >= 4 is 27.3 Å². The highest BCUT2D eigenvalue weighted by Crippen LogP contribution is 2.98. The Bertz CT molecular complexity index is 1150. The Morgan fingerprint density at radius 1 is 1.10 bits per heavy atom. The van der Waals surface area contributed by atoms with Crippen LogP contribution >= 0.6 is 21.4 Å². The molecule has 0 radical (unpaired) electrons. The average molecular weight is 483 g/mol. The number of carbonyl (C=O) groups excluding carboxylic acids is 1. The molecule has 0 aliphatic carbocycles. The van der Waals surface area contributed by atoms with Gasteiger partial charge in [0.25, 0.3) is 5.91 Å². The lowest BCUT2D eigenvalue weighted by Crippen LogP contribution is -2.21. The van der Waals surface area contributed by atoms with E-state index < -0.39 is 43.6 Å². The van der Waals surface area contributed by atoms with Gasteiger partial charge in [0.1, 0.15) is 18.0 Å². The molecule has 0 saturated heterocycles. The molecule has 3 rings (SSSR count). The number of nitrogens with zero attached hydrogens (tertiary/aromatic N) is 2. The first-order chi connectivity index (χ1) is 14.2. The molecular formula is C18H15F6N3O2S2. The van der Waals surface area contributed by atoms with Crippen LogP contribution in [0.15, 0.2) is 41.3 Å². The SMILES string of the molecule is CNC(=O)c1c(F)ccc(OCc2nc(-c3ccc(S(C)(F)(F)(F)F)cc3)ns2)c1F. The topological polar surface area (TPSA) is 64.1 Å². The Labute approximate surface area is 176 Å². The van der Waals surface area contributed by atoms with Gasteiger partial charge in [0.15, 0.2) is 32.2 Å². The van der Waals surface area contributed by atoms with Gasteiger partial charge in [-0.3, -0.25) is 4.79 Å². The summed E-state index contributed by atoms with van der Waals surface area (Å²) in [4.78, 5) is 14.3. The molecular weight excluding hydrogens is 468 g/mol. The van der Waals surface area contributed by atoms with Crippen molar-refractivity contribution in [2.24, 2.45) is 0 Å². The van der Waals surface area contributed by atoms with E-state index in [9.17, 15) is 29.1 Å². The van der Waals surface area contributed by atoms with Crippen LogP contribution in [0.2, 0.25) is 0 Å². The summed E-state index contributed by atoms with van der Waals surface area (Å²) in [6, 6.07) is 5.19. The normalized spacial score (nSPS) is 13.9. The van der Waals surface area contributed by atoms with E-state index in [2.05, 4.69) is 14.7 Å². The third-order valence-electron chi connectivity index (χ3n) is 4.03. The zero-order valence-corrected chi connectivity index (χ0v) is 17.6. The van der Waals surface area contributed by atoms with E-state index in [1.54, 1.807) is 0 Å². The van der Waals surface area contributed by atoms with Crippen molar-refractivity contribution < 1.29 is 33.9 Å². The smallest absolute Gasteiger partial charge is 0.257 e. The number of rotatable bonds is 6. The first kappa shape index (κ1) is 22.9. The second-order valence-electron chi connectivity index (χ2n) is 6.62. The molecule has 0 bridgehead atoms. The van der Waals surface area contributed by atoms with Gasteiger partial charge in [-0.25, -0.2) is 13.8 Å². The summed E-state index contributed by atoms with van der Waals surface area (Å²) in [5, 5.41) is 2.35. The number of hydrogen-bond donors (Lipinski definition) is 1. The minimum atomic E-state index is -8.29. The minimum absolute atomic E-state index is 0.0696. The zero-order valence-electron chi connectivity index (χ0n) is 16.0. The van der Waals surface area contributed by atoms with Crippen LogP contribution in [0.5, 0.6) is 5.75 Å². The van der Waals surface area contributed by atoms with Gasteiger partial charge in [-0.2, -0.15) is 4.37 Å². The fourth-order valence-electron chi connectivity index (χ4n) is 2.49. The largest absolute Gasteiger partial charge is 0.483 e. The van der Waals surface area contributed by atoms with Crippen molar-refractivity contribution in [3.05, 3.63) is 58.6 Å². The maximum atomic E-state index is 14.4. The first-order valence-corrected chi connectivity index (χ1v) is 11.7. The van der Waals surface area contributed by atoms with E-state index in [1.165, 1.54) is 7.05 Å². The van der Waals surface area contributed by atoms with E-state index in [1.807, 2.05) is 0 Å². The molecule has 2 aromatic carbocycles. The van der Waals surface area contributed by atoms with Crippen LogP contribution < -0.4 is 10.1 Å². The molecule has 1 aromatic heterocycles. The van der Waals surface area contributed by atoms with E-state index in [0.717, 1.165) is 35.8 Å². The molecule has 13 heteroatoms. The minimum Gasteiger partial charge on any atom is -0.483 e. The van der Waals surface area contributed by atoms with Crippen molar-refractivity contribution in [2.45, 2.75) is 11.5 Å². The monoisotopic (exact) mass is 483 g/mol. The molecule has 31 heavy (non-hydrogen) atoms. The number of benzene rings is 2. The lowest BCUT2D eigenvalue weighted by atomic mass is 10.1. The number of aromatic nitrogens is 2. The summed E-state index contributed by atoms with van der Waals surface area (Å²) < 4.78 is 91.1. The molecule has 0 spiro atoms. The van der Waals surface area contributed by atoms with Crippen molar-refractivity contribution in [1.82, 2.24) is 14.7 Å². The van der Waals surface area contributed by atoms with Gasteiger partial charge in [-0.15, -0.1) is 15.5 Å². The Morgan fingerprint density at radius 2 is 1.74 bits per heavy atom. The van der Waals surface area contributed by atoms with Gasteiger partial charge in [0.2, 0.25) is 0 Å². The van der Waals surface area contributed by atoms with Gasteiger partial charge in [0, 0.05) is 12.6 Å². The van der Waals surface area contributed by atoms with Crippen molar-refractivity contribution in [3.8, 4) is 17.1 Å². The molecule has 0 unspecified atom stereocenters. The van der Waals surface area contributed by atoms with E-state index in [4.69, 9.17) is 4.74 Å². The molecule has 0 aliphatic heterocycles. The molecule has 1 N–H and O–H groups in total. The lowest BCUT2D eigenvalue weighted by Gasteiger charge is -2.46. The van der Waals surface area contributed by atoms with Crippen LogP contribution in [0.3, 0.4) is 0 Å². The van der Waals surface area contributed by atoms with Gasteiger partial charge in [-0.1, -0.05) is 0 Å². The number of halogens is 6. The third kappa shape index (κ3) is 5.10. The highest BCUT2D eigenvalue weighted by Gasteiger charge is 2.59. The number of carbonyl (C=O) groups is 1. The van der Waals surface area contributed by atoms with Crippen LogP contribution in [0.4, 0.5) is 24.3 Å².